The van der Waals surface area contributed by atoms with Crippen LogP contribution in [0.5, 0.6) is 17.2 Å². The largest absolute Gasteiger partial charge is 0.497 e. The summed E-state index contributed by atoms with van der Waals surface area (Å²) in [6.45, 7) is 3.65. The van der Waals surface area contributed by atoms with Gasteiger partial charge >= 0.3 is 0 Å². The number of anilines is 1. The lowest BCUT2D eigenvalue weighted by atomic mass is 10.1. The van der Waals surface area contributed by atoms with E-state index in [1.807, 2.05) is 55.3 Å². The summed E-state index contributed by atoms with van der Waals surface area (Å²) in [7, 11) is 3.53. The van der Waals surface area contributed by atoms with Crippen molar-refractivity contribution < 1.29 is 19.0 Å². The Hall–Kier alpha value is -2.73. The summed E-state index contributed by atoms with van der Waals surface area (Å²) >= 11 is 0. The Bertz CT molecular complexity index is 778. The molecule has 0 radical (unpaired) electrons. The monoisotopic (exact) mass is 356 g/mol. The summed E-state index contributed by atoms with van der Waals surface area (Å²) in [6, 6.07) is 12.9. The van der Waals surface area contributed by atoms with Gasteiger partial charge in [0.1, 0.15) is 19.0 Å². The van der Waals surface area contributed by atoms with E-state index in [1.54, 1.807) is 13.2 Å². The second-order valence-corrected chi connectivity index (χ2v) is 6.29. The molecule has 1 heterocycles. The number of rotatable bonds is 6. The Labute approximate surface area is 153 Å². The first-order valence-corrected chi connectivity index (χ1v) is 8.60. The zero-order valence-electron chi connectivity index (χ0n) is 15.3. The van der Waals surface area contributed by atoms with Gasteiger partial charge < -0.3 is 19.5 Å². The lowest BCUT2D eigenvalue weighted by Crippen LogP contribution is -2.39. The standard InChI is InChI=1S/C20H24N2O4/c1-14(20(23)21-16-5-4-6-17(12-16)24-3)22(2)13-15-7-8-18-19(11-15)26-10-9-25-18/h4-8,11-12,14H,9-10,13H2,1-3H3,(H,21,23)/t14-/m0/s1. The maximum Gasteiger partial charge on any atom is 0.241 e. The van der Waals surface area contributed by atoms with Gasteiger partial charge in [0.15, 0.2) is 11.5 Å². The van der Waals surface area contributed by atoms with Crippen LogP contribution in [0.4, 0.5) is 5.69 Å². The Morgan fingerprint density at radius 3 is 2.73 bits per heavy atom. The van der Waals surface area contributed by atoms with E-state index in [0.29, 0.717) is 31.2 Å². The van der Waals surface area contributed by atoms with Crippen molar-refractivity contribution in [3.8, 4) is 17.2 Å². The molecule has 0 aromatic heterocycles. The van der Waals surface area contributed by atoms with Gasteiger partial charge in [-0.1, -0.05) is 12.1 Å². The van der Waals surface area contributed by atoms with Gasteiger partial charge in [0.05, 0.1) is 13.2 Å². The van der Waals surface area contributed by atoms with Crippen molar-refractivity contribution in [1.82, 2.24) is 4.90 Å². The summed E-state index contributed by atoms with van der Waals surface area (Å²) < 4.78 is 16.3. The average molecular weight is 356 g/mol. The van der Waals surface area contributed by atoms with E-state index in [1.165, 1.54) is 0 Å². The van der Waals surface area contributed by atoms with Crippen LogP contribution in [0.3, 0.4) is 0 Å². The highest BCUT2D eigenvalue weighted by molar-refractivity contribution is 5.94. The molecule has 2 aromatic rings. The van der Waals surface area contributed by atoms with Crippen molar-refractivity contribution in [2.24, 2.45) is 0 Å². The number of fused-ring (bicyclic) bond motifs is 1. The molecule has 0 fully saturated rings. The zero-order chi connectivity index (χ0) is 18.5. The van der Waals surface area contributed by atoms with Crippen LogP contribution >= 0.6 is 0 Å². The summed E-state index contributed by atoms with van der Waals surface area (Å²) in [4.78, 5) is 14.5. The lowest BCUT2D eigenvalue weighted by molar-refractivity contribution is -0.120. The van der Waals surface area contributed by atoms with Gasteiger partial charge in [-0.2, -0.15) is 0 Å². The van der Waals surface area contributed by atoms with Crippen molar-refractivity contribution in [2.75, 3.05) is 32.7 Å². The fourth-order valence-corrected chi connectivity index (χ4v) is 2.76. The number of benzene rings is 2. The molecular formula is C20H24N2O4. The zero-order valence-corrected chi connectivity index (χ0v) is 15.3. The van der Waals surface area contributed by atoms with Crippen molar-refractivity contribution in [2.45, 2.75) is 19.5 Å². The molecule has 6 nitrogen and oxygen atoms in total. The maximum absolute atomic E-state index is 12.5. The number of amides is 1. The molecule has 26 heavy (non-hydrogen) atoms. The topological polar surface area (TPSA) is 60.0 Å². The minimum atomic E-state index is -0.297. The highest BCUT2D eigenvalue weighted by atomic mass is 16.6. The maximum atomic E-state index is 12.5. The van der Waals surface area contributed by atoms with Crippen LogP contribution in [0.25, 0.3) is 0 Å². The van der Waals surface area contributed by atoms with Crippen LogP contribution in [0.2, 0.25) is 0 Å². The number of hydrogen-bond donors (Lipinski definition) is 1. The molecule has 138 valence electrons. The smallest absolute Gasteiger partial charge is 0.241 e. The molecule has 1 amide bonds. The minimum Gasteiger partial charge on any atom is -0.497 e. The van der Waals surface area contributed by atoms with E-state index in [0.717, 1.165) is 17.1 Å². The Morgan fingerprint density at radius 1 is 1.19 bits per heavy atom. The second-order valence-electron chi connectivity index (χ2n) is 6.29. The van der Waals surface area contributed by atoms with Crippen LogP contribution in [0, 0.1) is 0 Å². The quantitative estimate of drug-likeness (QED) is 0.862. The molecule has 2 aromatic carbocycles. The molecule has 1 N–H and O–H groups in total. The summed E-state index contributed by atoms with van der Waals surface area (Å²) in [6.07, 6.45) is 0. The van der Waals surface area contributed by atoms with E-state index >= 15 is 0 Å². The van der Waals surface area contributed by atoms with Crippen LogP contribution < -0.4 is 19.5 Å². The Kier molecular flexibility index (Phi) is 5.63. The average Bonchev–Trinajstić information content (AvgIpc) is 2.67. The van der Waals surface area contributed by atoms with Gasteiger partial charge in [0.25, 0.3) is 0 Å². The molecule has 1 aliphatic heterocycles. The highest BCUT2D eigenvalue weighted by Gasteiger charge is 2.19. The summed E-state index contributed by atoms with van der Waals surface area (Å²) in [5.41, 5.74) is 1.78. The molecule has 0 bridgehead atoms. The number of nitrogens with one attached hydrogen (secondary N) is 1. The minimum absolute atomic E-state index is 0.0710. The lowest BCUT2D eigenvalue weighted by Gasteiger charge is -2.25. The molecule has 3 rings (SSSR count). The van der Waals surface area contributed by atoms with Crippen LogP contribution in [-0.4, -0.2) is 44.2 Å². The third kappa shape index (κ3) is 4.26. The van der Waals surface area contributed by atoms with E-state index in [2.05, 4.69) is 5.32 Å². The van der Waals surface area contributed by atoms with Crippen molar-refractivity contribution >= 4 is 11.6 Å². The molecule has 0 spiro atoms. The fourth-order valence-electron chi connectivity index (χ4n) is 2.76. The van der Waals surface area contributed by atoms with E-state index in [-0.39, 0.29) is 11.9 Å². The van der Waals surface area contributed by atoms with E-state index < -0.39 is 0 Å². The number of likely N-dealkylation sites (N-methyl/N-ethyl adjacent to an activating group) is 1. The number of ether oxygens (including phenoxy) is 3. The predicted molar refractivity (Wildman–Crippen MR) is 100.0 cm³/mol. The van der Waals surface area contributed by atoms with E-state index in [9.17, 15) is 4.79 Å². The van der Waals surface area contributed by atoms with Crippen molar-refractivity contribution in [1.29, 1.82) is 0 Å². The third-order valence-corrected chi connectivity index (χ3v) is 4.42. The van der Waals surface area contributed by atoms with Gasteiger partial charge in [0, 0.05) is 18.3 Å². The second kappa shape index (κ2) is 8.10. The number of nitrogens with zero attached hydrogens (tertiary/aromatic N) is 1. The normalized spacial score (nSPS) is 14.0. The molecule has 0 unspecified atom stereocenters. The van der Waals surface area contributed by atoms with Gasteiger partial charge in [0.2, 0.25) is 5.91 Å². The molecule has 0 saturated heterocycles. The highest BCUT2D eigenvalue weighted by Crippen LogP contribution is 2.31. The predicted octanol–water partition coefficient (Wildman–Crippen LogP) is 2.93. The molecule has 1 aliphatic rings. The molecular weight excluding hydrogens is 332 g/mol. The summed E-state index contributed by atoms with van der Waals surface area (Å²) in [5.74, 6) is 2.17. The van der Waals surface area contributed by atoms with Crippen LogP contribution in [0.1, 0.15) is 12.5 Å². The summed E-state index contributed by atoms with van der Waals surface area (Å²) in [5, 5.41) is 2.93. The Balaban J connectivity index is 1.61. The number of hydrogen-bond acceptors (Lipinski definition) is 5. The van der Waals surface area contributed by atoms with Gasteiger partial charge in [-0.25, -0.2) is 0 Å². The van der Waals surface area contributed by atoms with Crippen LogP contribution in [0.15, 0.2) is 42.5 Å². The third-order valence-electron chi connectivity index (χ3n) is 4.42. The molecule has 0 saturated carbocycles. The molecule has 0 aliphatic carbocycles. The van der Waals surface area contributed by atoms with Crippen LogP contribution in [-0.2, 0) is 11.3 Å². The van der Waals surface area contributed by atoms with Gasteiger partial charge in [-0.15, -0.1) is 0 Å². The van der Waals surface area contributed by atoms with Crippen molar-refractivity contribution in [3.63, 3.8) is 0 Å². The first-order chi connectivity index (χ1) is 12.6. The fraction of sp³-hybridized carbons (Fsp3) is 0.350. The number of carbonyl (C=O) groups excluding carboxylic acids is 1. The SMILES string of the molecule is COc1cccc(NC(=O)[C@H](C)N(C)Cc2ccc3c(c2)OCCO3)c1. The number of methoxy groups -OCH3 is 1. The van der Waals surface area contributed by atoms with Gasteiger partial charge in [-0.3, -0.25) is 9.69 Å². The molecule has 1 atom stereocenters. The Morgan fingerprint density at radius 2 is 1.96 bits per heavy atom. The first-order valence-electron chi connectivity index (χ1n) is 8.60. The first kappa shape index (κ1) is 18.1. The van der Waals surface area contributed by atoms with Gasteiger partial charge in [-0.05, 0) is 43.8 Å². The number of carbonyl (C=O) groups is 1. The van der Waals surface area contributed by atoms with Crippen molar-refractivity contribution in [3.05, 3.63) is 48.0 Å². The van der Waals surface area contributed by atoms with E-state index in [4.69, 9.17) is 14.2 Å². The molecule has 6 heteroatoms.